The summed E-state index contributed by atoms with van der Waals surface area (Å²) >= 11 is 5.91. The average Bonchev–Trinajstić information content (AvgIpc) is 2.57. The highest BCUT2D eigenvalue weighted by atomic mass is 35.5. The second-order valence-corrected chi connectivity index (χ2v) is 3.65. The van der Waals surface area contributed by atoms with Crippen molar-refractivity contribution in [3.05, 3.63) is 35.4 Å². The number of nitrogens with zero attached hydrogens (tertiary/aromatic N) is 2. The first-order valence-corrected chi connectivity index (χ1v) is 5.00. The molecule has 0 aromatic carbocycles. The predicted molar refractivity (Wildman–Crippen MR) is 57.6 cm³/mol. The van der Waals surface area contributed by atoms with E-state index in [2.05, 4.69) is 4.98 Å². The zero-order valence-corrected chi connectivity index (χ0v) is 8.54. The first kappa shape index (κ1) is 9.49. The van der Waals surface area contributed by atoms with E-state index < -0.39 is 0 Å². The number of nitrogens with two attached hydrogens (primary N) is 1. The minimum atomic E-state index is 0.690. The number of aryl methyl sites for hydroxylation is 1. The van der Waals surface area contributed by atoms with Crippen molar-refractivity contribution in [1.82, 2.24) is 9.38 Å². The molecular weight excluding hydrogens is 198 g/mol. The molecule has 0 unspecified atom stereocenters. The van der Waals surface area contributed by atoms with Gasteiger partial charge in [0.05, 0.1) is 16.7 Å². The van der Waals surface area contributed by atoms with E-state index in [4.69, 9.17) is 17.3 Å². The minimum absolute atomic E-state index is 0.690. The quantitative estimate of drug-likeness (QED) is 0.839. The molecule has 0 aliphatic carbocycles. The van der Waals surface area contributed by atoms with Crippen molar-refractivity contribution in [1.29, 1.82) is 0 Å². The molecule has 0 atom stereocenters. The van der Waals surface area contributed by atoms with Gasteiger partial charge in [-0.1, -0.05) is 11.6 Å². The van der Waals surface area contributed by atoms with Gasteiger partial charge in [-0.2, -0.15) is 0 Å². The number of aromatic nitrogens is 2. The molecule has 0 amide bonds. The molecule has 14 heavy (non-hydrogen) atoms. The Morgan fingerprint density at radius 2 is 2.29 bits per heavy atom. The SMILES string of the molecule is NCCCc1ncc2ccc(Cl)cn12. The monoisotopic (exact) mass is 209 g/mol. The topological polar surface area (TPSA) is 43.3 Å². The normalized spacial score (nSPS) is 11.0. The van der Waals surface area contributed by atoms with Crippen molar-refractivity contribution in [2.45, 2.75) is 12.8 Å². The number of pyridine rings is 1. The van der Waals surface area contributed by atoms with Gasteiger partial charge in [0.25, 0.3) is 0 Å². The first-order chi connectivity index (χ1) is 6.81. The minimum Gasteiger partial charge on any atom is -0.330 e. The Labute approximate surface area is 87.5 Å². The lowest BCUT2D eigenvalue weighted by molar-refractivity contribution is 0.778. The predicted octanol–water partition coefficient (Wildman–Crippen LogP) is 1.88. The summed E-state index contributed by atoms with van der Waals surface area (Å²) < 4.78 is 2.01. The molecule has 0 aliphatic heterocycles. The smallest absolute Gasteiger partial charge is 0.113 e. The molecule has 2 aromatic rings. The third kappa shape index (κ3) is 1.74. The molecule has 2 N–H and O–H groups in total. The molecule has 2 rings (SSSR count). The Hall–Kier alpha value is -1.06. The standard InChI is InChI=1S/C10H12ClN3/c11-8-3-4-9-6-13-10(2-1-5-12)14(9)7-8/h3-4,6-7H,1-2,5,12H2. The molecule has 0 spiro atoms. The first-order valence-electron chi connectivity index (χ1n) is 4.63. The Morgan fingerprint density at radius 1 is 1.43 bits per heavy atom. The summed E-state index contributed by atoms with van der Waals surface area (Å²) in [4.78, 5) is 4.32. The van der Waals surface area contributed by atoms with E-state index in [1.807, 2.05) is 28.9 Å². The van der Waals surface area contributed by atoms with Crippen molar-refractivity contribution >= 4 is 17.1 Å². The van der Waals surface area contributed by atoms with Gasteiger partial charge in [0, 0.05) is 12.6 Å². The molecule has 2 aromatic heterocycles. The lowest BCUT2D eigenvalue weighted by atomic mass is 10.3. The van der Waals surface area contributed by atoms with E-state index >= 15 is 0 Å². The van der Waals surface area contributed by atoms with Crippen LogP contribution in [0.25, 0.3) is 5.52 Å². The zero-order chi connectivity index (χ0) is 9.97. The molecule has 0 saturated heterocycles. The fourth-order valence-corrected chi connectivity index (χ4v) is 1.62. The van der Waals surface area contributed by atoms with Crippen LogP contribution in [0.15, 0.2) is 24.5 Å². The molecule has 0 fully saturated rings. The van der Waals surface area contributed by atoms with Crippen LogP contribution in [-0.4, -0.2) is 15.9 Å². The molecule has 0 aliphatic rings. The second-order valence-electron chi connectivity index (χ2n) is 3.21. The molecule has 74 valence electrons. The molecule has 0 bridgehead atoms. The van der Waals surface area contributed by atoms with Crippen LogP contribution in [-0.2, 0) is 6.42 Å². The Kier molecular flexibility index (Phi) is 2.70. The van der Waals surface area contributed by atoms with Crippen molar-refractivity contribution < 1.29 is 0 Å². The largest absolute Gasteiger partial charge is 0.330 e. The van der Waals surface area contributed by atoms with Gasteiger partial charge in [0.2, 0.25) is 0 Å². The van der Waals surface area contributed by atoms with Gasteiger partial charge in [0.15, 0.2) is 0 Å². The van der Waals surface area contributed by atoms with Crippen molar-refractivity contribution in [3.8, 4) is 0 Å². The molecule has 2 heterocycles. The Balaban J connectivity index is 2.40. The summed E-state index contributed by atoms with van der Waals surface area (Å²) in [6, 6.07) is 3.83. The summed E-state index contributed by atoms with van der Waals surface area (Å²) in [6.45, 7) is 0.690. The summed E-state index contributed by atoms with van der Waals surface area (Å²) in [7, 11) is 0. The van der Waals surface area contributed by atoms with Gasteiger partial charge in [0.1, 0.15) is 5.82 Å². The highest BCUT2D eigenvalue weighted by molar-refractivity contribution is 6.30. The average molecular weight is 210 g/mol. The molecule has 4 heteroatoms. The molecular formula is C10H12ClN3. The van der Waals surface area contributed by atoms with Crippen LogP contribution in [0.1, 0.15) is 12.2 Å². The number of halogens is 1. The third-order valence-corrected chi connectivity index (χ3v) is 2.40. The van der Waals surface area contributed by atoms with Crippen LogP contribution >= 0.6 is 11.6 Å². The highest BCUT2D eigenvalue weighted by Crippen LogP contribution is 2.13. The second kappa shape index (κ2) is 3.98. The fourth-order valence-electron chi connectivity index (χ4n) is 1.46. The lowest BCUT2D eigenvalue weighted by Crippen LogP contribution is -2.03. The van der Waals surface area contributed by atoms with Crippen LogP contribution in [0.5, 0.6) is 0 Å². The Morgan fingerprint density at radius 3 is 3.07 bits per heavy atom. The number of fused-ring (bicyclic) bond motifs is 1. The van der Waals surface area contributed by atoms with Crippen LogP contribution in [0.3, 0.4) is 0 Å². The molecule has 0 radical (unpaired) electrons. The summed E-state index contributed by atoms with van der Waals surface area (Å²) in [6.07, 6.45) is 5.58. The number of hydrogen-bond donors (Lipinski definition) is 1. The van der Waals surface area contributed by atoms with Gasteiger partial charge in [-0.15, -0.1) is 0 Å². The van der Waals surface area contributed by atoms with E-state index in [-0.39, 0.29) is 0 Å². The number of hydrogen-bond acceptors (Lipinski definition) is 2. The Bertz CT molecular complexity index is 436. The summed E-state index contributed by atoms with van der Waals surface area (Å²) in [5.74, 6) is 1.02. The van der Waals surface area contributed by atoms with E-state index in [9.17, 15) is 0 Å². The van der Waals surface area contributed by atoms with Crippen LogP contribution in [0.4, 0.5) is 0 Å². The van der Waals surface area contributed by atoms with E-state index in [0.717, 1.165) is 29.2 Å². The highest BCUT2D eigenvalue weighted by Gasteiger charge is 2.02. The van der Waals surface area contributed by atoms with Crippen LogP contribution in [0, 0.1) is 0 Å². The van der Waals surface area contributed by atoms with Crippen molar-refractivity contribution in [2.24, 2.45) is 5.73 Å². The maximum atomic E-state index is 5.91. The third-order valence-electron chi connectivity index (χ3n) is 2.17. The molecule has 0 saturated carbocycles. The van der Waals surface area contributed by atoms with Gasteiger partial charge < -0.3 is 10.1 Å². The van der Waals surface area contributed by atoms with Gasteiger partial charge in [-0.05, 0) is 25.1 Å². The van der Waals surface area contributed by atoms with Gasteiger partial charge >= 0.3 is 0 Å². The number of imidazole rings is 1. The lowest BCUT2D eigenvalue weighted by Gasteiger charge is -2.00. The van der Waals surface area contributed by atoms with Gasteiger partial charge in [-0.3, -0.25) is 0 Å². The molecule has 3 nitrogen and oxygen atoms in total. The van der Waals surface area contributed by atoms with E-state index in [1.54, 1.807) is 0 Å². The van der Waals surface area contributed by atoms with Crippen molar-refractivity contribution in [2.75, 3.05) is 6.54 Å². The van der Waals surface area contributed by atoms with Crippen LogP contribution < -0.4 is 5.73 Å². The summed E-state index contributed by atoms with van der Waals surface area (Å²) in [5, 5.41) is 0.726. The van der Waals surface area contributed by atoms with Gasteiger partial charge in [-0.25, -0.2) is 4.98 Å². The number of rotatable bonds is 3. The van der Waals surface area contributed by atoms with E-state index in [0.29, 0.717) is 6.54 Å². The maximum absolute atomic E-state index is 5.91. The van der Waals surface area contributed by atoms with E-state index in [1.165, 1.54) is 0 Å². The zero-order valence-electron chi connectivity index (χ0n) is 7.78. The fraction of sp³-hybridized carbons (Fsp3) is 0.300. The van der Waals surface area contributed by atoms with Crippen LogP contribution in [0.2, 0.25) is 5.02 Å². The summed E-state index contributed by atoms with van der Waals surface area (Å²) in [5.41, 5.74) is 6.53. The maximum Gasteiger partial charge on any atom is 0.113 e. The van der Waals surface area contributed by atoms with Crippen molar-refractivity contribution in [3.63, 3.8) is 0 Å².